The van der Waals surface area contributed by atoms with Crippen LogP contribution in [0.2, 0.25) is 0 Å². The maximum Gasteiger partial charge on any atom is 0.315 e. The molecule has 1 saturated carbocycles. The fourth-order valence-electron chi connectivity index (χ4n) is 3.50. The summed E-state index contributed by atoms with van der Waals surface area (Å²) in [7, 11) is 0. The SMILES string of the molecule is Cc1ccccc1[C@H](NC(=O)NC1CCCCC1)c1ccccc1. The minimum absolute atomic E-state index is 0.0704. The van der Waals surface area contributed by atoms with Crippen LogP contribution in [0, 0.1) is 6.92 Å². The second kappa shape index (κ2) is 8.00. The van der Waals surface area contributed by atoms with Gasteiger partial charge in [0.2, 0.25) is 0 Å². The van der Waals surface area contributed by atoms with E-state index in [0.29, 0.717) is 6.04 Å². The average molecular weight is 322 g/mol. The predicted octanol–water partition coefficient (Wildman–Crippen LogP) is 4.72. The summed E-state index contributed by atoms with van der Waals surface area (Å²) in [5.41, 5.74) is 3.43. The Kier molecular flexibility index (Phi) is 5.52. The van der Waals surface area contributed by atoms with Gasteiger partial charge in [-0.05, 0) is 36.5 Å². The van der Waals surface area contributed by atoms with Crippen LogP contribution in [0.3, 0.4) is 0 Å². The highest BCUT2D eigenvalue weighted by molar-refractivity contribution is 5.75. The van der Waals surface area contributed by atoms with Crippen molar-refractivity contribution in [3.63, 3.8) is 0 Å². The van der Waals surface area contributed by atoms with Crippen LogP contribution in [0.4, 0.5) is 4.79 Å². The quantitative estimate of drug-likeness (QED) is 0.840. The van der Waals surface area contributed by atoms with Crippen LogP contribution < -0.4 is 10.6 Å². The van der Waals surface area contributed by atoms with Crippen molar-refractivity contribution in [2.75, 3.05) is 0 Å². The van der Waals surface area contributed by atoms with Gasteiger partial charge in [0.1, 0.15) is 0 Å². The fourth-order valence-corrected chi connectivity index (χ4v) is 3.50. The lowest BCUT2D eigenvalue weighted by Gasteiger charge is -2.26. The summed E-state index contributed by atoms with van der Waals surface area (Å²) in [6, 6.07) is 18.5. The number of aryl methyl sites for hydroxylation is 1. The highest BCUT2D eigenvalue weighted by atomic mass is 16.2. The number of carbonyl (C=O) groups excluding carboxylic acids is 1. The molecule has 1 atom stereocenters. The maximum atomic E-state index is 12.6. The minimum atomic E-state index is -0.129. The number of carbonyl (C=O) groups is 1. The molecule has 2 aromatic carbocycles. The van der Waals surface area contributed by atoms with Crippen molar-refractivity contribution in [3.05, 3.63) is 71.3 Å². The van der Waals surface area contributed by atoms with Gasteiger partial charge in [0.05, 0.1) is 6.04 Å². The van der Waals surface area contributed by atoms with Crippen molar-refractivity contribution < 1.29 is 4.79 Å². The van der Waals surface area contributed by atoms with E-state index in [9.17, 15) is 4.79 Å². The predicted molar refractivity (Wildman–Crippen MR) is 98.0 cm³/mol. The third-order valence-corrected chi connectivity index (χ3v) is 4.85. The number of hydrogen-bond donors (Lipinski definition) is 2. The van der Waals surface area contributed by atoms with Gasteiger partial charge in [-0.3, -0.25) is 0 Å². The first-order valence-corrected chi connectivity index (χ1v) is 8.91. The standard InChI is InChI=1S/C21H26N2O/c1-16-10-8-9-15-19(16)20(17-11-4-2-5-12-17)23-21(24)22-18-13-6-3-7-14-18/h2,4-5,8-12,15,18,20H,3,6-7,13-14H2,1H3,(H2,22,23,24)/t20-/m1/s1. The molecule has 2 amide bonds. The molecule has 126 valence electrons. The van der Waals surface area contributed by atoms with E-state index >= 15 is 0 Å². The van der Waals surface area contributed by atoms with Gasteiger partial charge in [0, 0.05) is 6.04 Å². The van der Waals surface area contributed by atoms with E-state index in [-0.39, 0.29) is 12.1 Å². The fraction of sp³-hybridized carbons (Fsp3) is 0.381. The van der Waals surface area contributed by atoms with Crippen LogP contribution >= 0.6 is 0 Å². The Hall–Kier alpha value is -2.29. The molecular weight excluding hydrogens is 296 g/mol. The van der Waals surface area contributed by atoms with Crippen molar-refractivity contribution >= 4 is 6.03 Å². The molecule has 1 fully saturated rings. The molecular formula is C21H26N2O. The first kappa shape index (κ1) is 16.6. The molecule has 0 heterocycles. The van der Waals surface area contributed by atoms with E-state index in [1.165, 1.54) is 24.8 Å². The molecule has 0 aliphatic heterocycles. The van der Waals surface area contributed by atoms with E-state index < -0.39 is 0 Å². The molecule has 0 spiro atoms. The summed E-state index contributed by atoms with van der Waals surface area (Å²) in [6.07, 6.45) is 5.90. The zero-order chi connectivity index (χ0) is 16.8. The molecule has 0 bridgehead atoms. The Labute approximate surface area is 144 Å². The Morgan fingerprint density at radius 3 is 2.33 bits per heavy atom. The normalized spacial score (nSPS) is 16.4. The lowest BCUT2D eigenvalue weighted by Crippen LogP contribution is -2.44. The first-order valence-electron chi connectivity index (χ1n) is 8.91. The van der Waals surface area contributed by atoms with Crippen molar-refractivity contribution in [2.24, 2.45) is 0 Å². The van der Waals surface area contributed by atoms with Crippen LogP contribution in [0.25, 0.3) is 0 Å². The molecule has 0 radical (unpaired) electrons. The average Bonchev–Trinajstić information content (AvgIpc) is 2.62. The van der Waals surface area contributed by atoms with Gasteiger partial charge in [-0.1, -0.05) is 73.9 Å². The molecule has 2 N–H and O–H groups in total. The summed E-state index contributed by atoms with van der Waals surface area (Å²) in [5, 5.41) is 6.35. The number of benzene rings is 2. The van der Waals surface area contributed by atoms with E-state index in [1.807, 2.05) is 30.3 Å². The Morgan fingerprint density at radius 1 is 0.958 bits per heavy atom. The van der Waals surface area contributed by atoms with E-state index in [1.54, 1.807) is 0 Å². The Morgan fingerprint density at radius 2 is 1.62 bits per heavy atom. The summed E-state index contributed by atoms with van der Waals surface area (Å²) in [4.78, 5) is 12.6. The first-order chi connectivity index (χ1) is 11.7. The number of nitrogens with one attached hydrogen (secondary N) is 2. The zero-order valence-electron chi connectivity index (χ0n) is 14.3. The summed E-state index contributed by atoms with van der Waals surface area (Å²) < 4.78 is 0. The Balaban J connectivity index is 1.77. The molecule has 3 rings (SSSR count). The topological polar surface area (TPSA) is 41.1 Å². The highest BCUT2D eigenvalue weighted by Gasteiger charge is 2.21. The lowest BCUT2D eigenvalue weighted by atomic mass is 9.94. The lowest BCUT2D eigenvalue weighted by molar-refractivity contribution is 0.230. The van der Waals surface area contributed by atoms with Gasteiger partial charge in [-0.15, -0.1) is 0 Å². The minimum Gasteiger partial charge on any atom is -0.335 e. The van der Waals surface area contributed by atoms with Gasteiger partial charge in [0.25, 0.3) is 0 Å². The van der Waals surface area contributed by atoms with Crippen LogP contribution in [-0.2, 0) is 0 Å². The molecule has 0 unspecified atom stereocenters. The van der Waals surface area contributed by atoms with Crippen molar-refractivity contribution in [3.8, 4) is 0 Å². The van der Waals surface area contributed by atoms with Gasteiger partial charge < -0.3 is 10.6 Å². The second-order valence-electron chi connectivity index (χ2n) is 6.65. The van der Waals surface area contributed by atoms with Crippen molar-refractivity contribution in [2.45, 2.75) is 51.1 Å². The maximum absolute atomic E-state index is 12.6. The van der Waals surface area contributed by atoms with Gasteiger partial charge in [-0.25, -0.2) is 4.79 Å². The van der Waals surface area contributed by atoms with E-state index in [0.717, 1.165) is 24.0 Å². The molecule has 24 heavy (non-hydrogen) atoms. The number of urea groups is 1. The number of rotatable bonds is 4. The smallest absolute Gasteiger partial charge is 0.315 e. The van der Waals surface area contributed by atoms with Gasteiger partial charge in [-0.2, -0.15) is 0 Å². The summed E-state index contributed by atoms with van der Waals surface area (Å²) in [5.74, 6) is 0. The molecule has 0 aromatic heterocycles. The molecule has 3 heteroatoms. The van der Waals surface area contributed by atoms with Crippen molar-refractivity contribution in [1.29, 1.82) is 0 Å². The highest BCUT2D eigenvalue weighted by Crippen LogP contribution is 2.25. The van der Waals surface area contributed by atoms with Gasteiger partial charge in [0.15, 0.2) is 0 Å². The molecule has 1 aliphatic rings. The zero-order valence-corrected chi connectivity index (χ0v) is 14.3. The molecule has 1 aliphatic carbocycles. The monoisotopic (exact) mass is 322 g/mol. The van der Waals surface area contributed by atoms with Crippen LogP contribution in [0.5, 0.6) is 0 Å². The van der Waals surface area contributed by atoms with Crippen LogP contribution in [0.1, 0.15) is 54.8 Å². The van der Waals surface area contributed by atoms with E-state index in [4.69, 9.17) is 0 Å². The van der Waals surface area contributed by atoms with Crippen molar-refractivity contribution in [1.82, 2.24) is 10.6 Å². The molecule has 2 aromatic rings. The molecule has 0 saturated heterocycles. The summed E-state index contributed by atoms with van der Waals surface area (Å²) in [6.45, 7) is 2.09. The number of amides is 2. The van der Waals surface area contributed by atoms with Crippen LogP contribution in [0.15, 0.2) is 54.6 Å². The summed E-state index contributed by atoms with van der Waals surface area (Å²) >= 11 is 0. The number of hydrogen-bond acceptors (Lipinski definition) is 1. The van der Waals surface area contributed by atoms with Gasteiger partial charge >= 0.3 is 6.03 Å². The largest absolute Gasteiger partial charge is 0.335 e. The molecule has 3 nitrogen and oxygen atoms in total. The van der Waals surface area contributed by atoms with Crippen LogP contribution in [-0.4, -0.2) is 12.1 Å². The van der Waals surface area contributed by atoms with E-state index in [2.05, 4.69) is 41.8 Å². The third kappa shape index (κ3) is 4.16. The Bertz CT molecular complexity index is 663. The third-order valence-electron chi connectivity index (χ3n) is 4.85. The second-order valence-corrected chi connectivity index (χ2v) is 6.65.